The molecule has 0 aliphatic heterocycles. The van der Waals surface area contributed by atoms with E-state index in [4.69, 9.17) is 10.3 Å². The summed E-state index contributed by atoms with van der Waals surface area (Å²) in [6.45, 7) is 0. The first kappa shape index (κ1) is 7.33. The van der Waals surface area contributed by atoms with Crippen LogP contribution in [-0.2, 0) is 0 Å². The van der Waals surface area contributed by atoms with Crippen LogP contribution in [0, 0.1) is 0 Å². The van der Waals surface area contributed by atoms with Crippen molar-refractivity contribution in [2.75, 3.05) is 0 Å². The largest absolute Gasteiger partial charge is 0.475 e. The Morgan fingerprint density at radius 2 is 2.36 bits per heavy atom. The van der Waals surface area contributed by atoms with Crippen LogP contribution >= 0.6 is 0 Å². The zero-order valence-electron chi connectivity index (χ0n) is 5.39. The van der Waals surface area contributed by atoms with E-state index in [1.54, 1.807) is 0 Å². The van der Waals surface area contributed by atoms with Gasteiger partial charge in [0, 0.05) is 0 Å². The molecule has 0 aromatic carbocycles. The molecule has 1 aromatic rings. The van der Waals surface area contributed by atoms with Crippen molar-refractivity contribution in [3.8, 4) is 0 Å². The first-order chi connectivity index (χ1) is 5.24. The lowest BCUT2D eigenvalue weighted by Gasteiger charge is -1.83. The van der Waals surface area contributed by atoms with Crippen molar-refractivity contribution in [2.24, 2.45) is 5.16 Å². The molecule has 58 valence electrons. The van der Waals surface area contributed by atoms with E-state index in [0.717, 1.165) is 6.21 Å². The van der Waals surface area contributed by atoms with Crippen molar-refractivity contribution in [2.45, 2.75) is 0 Å². The Hall–Kier alpha value is -1.78. The number of oxime groups is 1. The van der Waals surface area contributed by atoms with Gasteiger partial charge in [0.25, 0.3) is 0 Å². The molecule has 0 aliphatic carbocycles. The molecular weight excluding hydrogens is 150 g/mol. The monoisotopic (exact) mass is 155 g/mol. The second kappa shape index (κ2) is 2.87. The summed E-state index contributed by atoms with van der Waals surface area (Å²) in [6, 6.07) is 2.67. The minimum Gasteiger partial charge on any atom is -0.475 e. The van der Waals surface area contributed by atoms with Crippen molar-refractivity contribution < 1.29 is 19.5 Å². The van der Waals surface area contributed by atoms with Crippen molar-refractivity contribution in [1.82, 2.24) is 0 Å². The Balaban J connectivity index is 2.90. The Morgan fingerprint density at radius 1 is 1.64 bits per heavy atom. The summed E-state index contributed by atoms with van der Waals surface area (Å²) in [5.74, 6) is -1.13. The third-order valence-electron chi connectivity index (χ3n) is 1.02. The van der Waals surface area contributed by atoms with Gasteiger partial charge in [-0.15, -0.1) is 0 Å². The van der Waals surface area contributed by atoms with Crippen LogP contribution in [0.3, 0.4) is 0 Å². The van der Waals surface area contributed by atoms with Gasteiger partial charge in [-0.05, 0) is 12.1 Å². The highest BCUT2D eigenvalue weighted by Crippen LogP contribution is 2.04. The van der Waals surface area contributed by atoms with E-state index in [1.807, 2.05) is 0 Å². The molecule has 11 heavy (non-hydrogen) atoms. The molecule has 2 N–H and O–H groups in total. The van der Waals surface area contributed by atoms with Crippen molar-refractivity contribution in [3.05, 3.63) is 23.7 Å². The molecule has 1 rings (SSSR count). The van der Waals surface area contributed by atoms with Crippen molar-refractivity contribution in [1.29, 1.82) is 0 Å². The molecule has 1 heterocycles. The second-order valence-electron chi connectivity index (χ2n) is 1.75. The Labute approximate surface area is 61.6 Å². The number of nitrogens with zero attached hydrogens (tertiary/aromatic N) is 1. The Bertz CT molecular complexity index is 289. The van der Waals surface area contributed by atoms with Gasteiger partial charge in [0.15, 0.2) is 0 Å². The molecule has 0 aliphatic rings. The SMILES string of the molecule is O=C(O)c1ccc(C=NO)o1. The van der Waals surface area contributed by atoms with Crippen LogP contribution in [0.25, 0.3) is 0 Å². The molecule has 0 amide bonds. The number of carboxylic acid groups (broad SMARTS) is 1. The summed E-state index contributed by atoms with van der Waals surface area (Å²) in [7, 11) is 0. The number of aromatic carboxylic acids is 1. The van der Waals surface area contributed by atoms with Gasteiger partial charge >= 0.3 is 5.97 Å². The highest BCUT2D eigenvalue weighted by Gasteiger charge is 2.06. The number of hydrogen-bond acceptors (Lipinski definition) is 4. The molecule has 0 atom stereocenters. The molecule has 1 aromatic heterocycles. The number of rotatable bonds is 2. The predicted molar refractivity (Wildman–Crippen MR) is 35.0 cm³/mol. The van der Waals surface area contributed by atoms with Gasteiger partial charge in [-0.2, -0.15) is 0 Å². The second-order valence-corrected chi connectivity index (χ2v) is 1.75. The summed E-state index contributed by atoms with van der Waals surface area (Å²) in [5.41, 5.74) is 0. The van der Waals surface area contributed by atoms with E-state index >= 15 is 0 Å². The molecule has 0 bridgehead atoms. The van der Waals surface area contributed by atoms with Gasteiger partial charge in [0.2, 0.25) is 5.76 Å². The molecule has 5 nitrogen and oxygen atoms in total. The average Bonchev–Trinajstić information content (AvgIpc) is 2.37. The van der Waals surface area contributed by atoms with E-state index in [0.29, 0.717) is 0 Å². The van der Waals surface area contributed by atoms with E-state index in [1.165, 1.54) is 12.1 Å². The summed E-state index contributed by atoms with van der Waals surface area (Å²) < 4.78 is 4.68. The molecule has 0 radical (unpaired) electrons. The minimum atomic E-state index is -1.15. The number of carboxylic acids is 1. The third-order valence-corrected chi connectivity index (χ3v) is 1.02. The zero-order chi connectivity index (χ0) is 8.27. The lowest BCUT2D eigenvalue weighted by Crippen LogP contribution is -1.91. The van der Waals surface area contributed by atoms with Crippen molar-refractivity contribution >= 4 is 12.2 Å². The Kier molecular flexibility index (Phi) is 1.91. The lowest BCUT2D eigenvalue weighted by molar-refractivity contribution is 0.0662. The van der Waals surface area contributed by atoms with Crippen molar-refractivity contribution in [3.63, 3.8) is 0 Å². The summed E-state index contributed by atoms with van der Waals surface area (Å²) in [6.07, 6.45) is 1.01. The predicted octanol–water partition coefficient (Wildman–Crippen LogP) is 0.786. The van der Waals surface area contributed by atoms with E-state index < -0.39 is 5.97 Å². The van der Waals surface area contributed by atoms with Crippen LogP contribution in [-0.4, -0.2) is 22.5 Å². The fourth-order valence-electron chi connectivity index (χ4n) is 0.594. The Morgan fingerprint density at radius 3 is 2.82 bits per heavy atom. The average molecular weight is 155 g/mol. The van der Waals surface area contributed by atoms with Crippen LogP contribution in [0.5, 0.6) is 0 Å². The standard InChI is InChI=1S/C6H5NO4/c8-6(9)5-2-1-4(11-5)3-7-10/h1-3,10H,(H,8,9). The number of carbonyl (C=O) groups is 1. The lowest BCUT2D eigenvalue weighted by atomic mass is 10.4. The van der Waals surface area contributed by atoms with E-state index in [2.05, 4.69) is 9.57 Å². The molecule has 0 spiro atoms. The molecular formula is C6H5NO4. The highest BCUT2D eigenvalue weighted by molar-refractivity contribution is 5.86. The van der Waals surface area contributed by atoms with E-state index in [-0.39, 0.29) is 11.5 Å². The van der Waals surface area contributed by atoms with Crippen LogP contribution in [0.15, 0.2) is 21.7 Å². The fourth-order valence-corrected chi connectivity index (χ4v) is 0.594. The highest BCUT2D eigenvalue weighted by atomic mass is 16.4. The summed E-state index contributed by atoms with van der Waals surface area (Å²) >= 11 is 0. The molecule has 0 fully saturated rings. The molecule has 0 saturated heterocycles. The number of furan rings is 1. The number of hydrogen-bond donors (Lipinski definition) is 2. The zero-order valence-corrected chi connectivity index (χ0v) is 5.39. The van der Waals surface area contributed by atoms with Gasteiger partial charge in [-0.3, -0.25) is 0 Å². The smallest absolute Gasteiger partial charge is 0.371 e. The minimum absolute atomic E-state index is 0.181. The first-order valence-corrected chi connectivity index (χ1v) is 2.74. The van der Waals surface area contributed by atoms with Gasteiger partial charge in [0.05, 0.1) is 0 Å². The summed E-state index contributed by atoms with van der Waals surface area (Å²) in [5, 5.41) is 19.1. The van der Waals surface area contributed by atoms with Crippen LogP contribution in [0.4, 0.5) is 0 Å². The summed E-state index contributed by atoms with van der Waals surface area (Å²) in [4.78, 5) is 10.2. The van der Waals surface area contributed by atoms with Crippen LogP contribution in [0.1, 0.15) is 16.3 Å². The van der Waals surface area contributed by atoms with Gasteiger partial charge in [-0.1, -0.05) is 5.16 Å². The van der Waals surface area contributed by atoms with Gasteiger partial charge in [0.1, 0.15) is 12.0 Å². The van der Waals surface area contributed by atoms with E-state index in [9.17, 15) is 4.79 Å². The first-order valence-electron chi connectivity index (χ1n) is 2.74. The van der Waals surface area contributed by atoms with Gasteiger partial charge in [-0.25, -0.2) is 4.79 Å². The topological polar surface area (TPSA) is 83.0 Å². The maximum Gasteiger partial charge on any atom is 0.371 e. The van der Waals surface area contributed by atoms with Crippen LogP contribution < -0.4 is 0 Å². The normalized spacial score (nSPS) is 10.5. The van der Waals surface area contributed by atoms with Gasteiger partial charge < -0.3 is 14.7 Å². The molecule has 0 saturated carbocycles. The maximum atomic E-state index is 10.2. The maximum absolute atomic E-state index is 10.2. The fraction of sp³-hybridized carbons (Fsp3) is 0. The molecule has 5 heteroatoms. The van der Waals surface area contributed by atoms with Crippen LogP contribution in [0.2, 0.25) is 0 Å². The quantitative estimate of drug-likeness (QED) is 0.375. The molecule has 0 unspecified atom stereocenters. The third kappa shape index (κ3) is 1.57.